The Morgan fingerprint density at radius 2 is 2.25 bits per heavy atom. The molecule has 0 bridgehead atoms. The zero-order chi connectivity index (χ0) is 8.81. The first-order chi connectivity index (χ1) is 5.79. The standard InChI is InChI=1S/C6H13N5O/c7-6(8)10-9-5-11-1-3-12-4-2-11/h5H,1-4H2,(H4,7,8,10). The molecule has 0 atom stereocenters. The van der Waals surface area contributed by atoms with Crippen LogP contribution in [0.1, 0.15) is 0 Å². The van der Waals surface area contributed by atoms with Crippen LogP contribution in [0.3, 0.4) is 0 Å². The van der Waals surface area contributed by atoms with Crippen molar-refractivity contribution in [2.24, 2.45) is 10.8 Å². The van der Waals surface area contributed by atoms with E-state index in [2.05, 4.69) is 10.5 Å². The summed E-state index contributed by atoms with van der Waals surface area (Å²) in [6.07, 6.45) is 1.63. The zero-order valence-electron chi connectivity index (χ0n) is 6.79. The maximum Gasteiger partial charge on any atom is 0.206 e. The molecule has 0 unspecified atom stereocenters. The largest absolute Gasteiger partial charge is 0.378 e. The summed E-state index contributed by atoms with van der Waals surface area (Å²) in [6.45, 7) is 3.13. The van der Waals surface area contributed by atoms with E-state index in [1.54, 1.807) is 6.34 Å². The number of nitrogens with zero attached hydrogens (tertiary/aromatic N) is 2. The molecule has 1 aliphatic heterocycles. The molecule has 6 nitrogen and oxygen atoms in total. The van der Waals surface area contributed by atoms with Gasteiger partial charge >= 0.3 is 0 Å². The third-order valence-corrected chi connectivity index (χ3v) is 1.45. The summed E-state index contributed by atoms with van der Waals surface area (Å²) in [7, 11) is 0. The van der Waals surface area contributed by atoms with Crippen molar-refractivity contribution < 1.29 is 4.74 Å². The zero-order valence-corrected chi connectivity index (χ0v) is 6.79. The molecule has 1 rings (SSSR count). The Morgan fingerprint density at radius 3 is 2.83 bits per heavy atom. The van der Waals surface area contributed by atoms with E-state index in [4.69, 9.17) is 15.9 Å². The van der Waals surface area contributed by atoms with Crippen LogP contribution in [0.15, 0.2) is 5.10 Å². The summed E-state index contributed by atoms with van der Waals surface area (Å²) in [5, 5.41) is 10.6. The van der Waals surface area contributed by atoms with Gasteiger partial charge in [0.05, 0.1) is 13.2 Å². The third-order valence-electron chi connectivity index (χ3n) is 1.45. The Balaban J connectivity index is 2.19. The molecule has 4 N–H and O–H groups in total. The lowest BCUT2D eigenvalue weighted by Crippen LogP contribution is -2.36. The van der Waals surface area contributed by atoms with Crippen molar-refractivity contribution in [3.8, 4) is 0 Å². The molecular weight excluding hydrogens is 158 g/mol. The topological polar surface area (TPSA) is 86.7 Å². The summed E-state index contributed by atoms with van der Waals surface area (Å²) in [6, 6.07) is 0. The van der Waals surface area contributed by atoms with Crippen molar-refractivity contribution in [3.05, 3.63) is 0 Å². The van der Waals surface area contributed by atoms with Crippen molar-refractivity contribution in [1.82, 2.24) is 10.3 Å². The molecule has 0 radical (unpaired) electrons. The maximum atomic E-state index is 6.82. The molecule has 1 heterocycles. The van der Waals surface area contributed by atoms with Crippen LogP contribution in [-0.4, -0.2) is 43.5 Å². The first-order valence-electron chi connectivity index (χ1n) is 3.74. The van der Waals surface area contributed by atoms with Crippen LogP contribution in [-0.2, 0) is 4.74 Å². The summed E-state index contributed by atoms with van der Waals surface area (Å²) < 4.78 is 5.14. The number of hydrazone groups is 1. The van der Waals surface area contributed by atoms with Crippen molar-refractivity contribution in [2.45, 2.75) is 0 Å². The minimum atomic E-state index is -0.153. The van der Waals surface area contributed by atoms with Gasteiger partial charge in [0.2, 0.25) is 5.96 Å². The van der Waals surface area contributed by atoms with E-state index in [1.165, 1.54) is 0 Å². The van der Waals surface area contributed by atoms with Gasteiger partial charge in [0, 0.05) is 13.1 Å². The predicted molar refractivity (Wildman–Crippen MR) is 45.9 cm³/mol. The third kappa shape index (κ3) is 3.20. The van der Waals surface area contributed by atoms with E-state index in [0.29, 0.717) is 0 Å². The van der Waals surface area contributed by atoms with E-state index in [1.807, 2.05) is 4.90 Å². The van der Waals surface area contributed by atoms with Crippen molar-refractivity contribution >= 4 is 12.3 Å². The van der Waals surface area contributed by atoms with E-state index >= 15 is 0 Å². The molecule has 12 heavy (non-hydrogen) atoms. The van der Waals surface area contributed by atoms with Crippen LogP contribution in [0.4, 0.5) is 0 Å². The van der Waals surface area contributed by atoms with Crippen LogP contribution >= 0.6 is 0 Å². The van der Waals surface area contributed by atoms with Crippen molar-refractivity contribution in [2.75, 3.05) is 26.3 Å². The number of ether oxygens (including phenoxy) is 1. The molecule has 1 saturated heterocycles. The lowest BCUT2D eigenvalue weighted by molar-refractivity contribution is 0.0699. The number of hydrogen-bond donors (Lipinski definition) is 3. The SMILES string of the molecule is N=C(N)NN=CN1CCOCC1. The van der Waals surface area contributed by atoms with Crippen LogP contribution in [0.5, 0.6) is 0 Å². The number of hydrogen-bond acceptors (Lipinski definition) is 3. The summed E-state index contributed by atoms with van der Waals surface area (Å²) in [5.74, 6) is -0.153. The van der Waals surface area contributed by atoms with Gasteiger partial charge in [-0.2, -0.15) is 5.10 Å². The van der Waals surface area contributed by atoms with Gasteiger partial charge in [0.1, 0.15) is 6.34 Å². The minimum Gasteiger partial charge on any atom is -0.378 e. The van der Waals surface area contributed by atoms with Crippen LogP contribution < -0.4 is 11.2 Å². The fraction of sp³-hybridized carbons (Fsp3) is 0.667. The highest BCUT2D eigenvalue weighted by molar-refractivity contribution is 5.74. The second kappa shape index (κ2) is 4.55. The van der Waals surface area contributed by atoms with E-state index in [9.17, 15) is 0 Å². The quantitative estimate of drug-likeness (QED) is 0.275. The van der Waals surface area contributed by atoms with Crippen LogP contribution in [0.2, 0.25) is 0 Å². The molecule has 6 heteroatoms. The molecule has 0 aliphatic carbocycles. The van der Waals surface area contributed by atoms with E-state index in [-0.39, 0.29) is 5.96 Å². The van der Waals surface area contributed by atoms with E-state index in [0.717, 1.165) is 26.3 Å². The average Bonchev–Trinajstić information content (AvgIpc) is 2.05. The van der Waals surface area contributed by atoms with Crippen molar-refractivity contribution in [3.63, 3.8) is 0 Å². The normalized spacial score (nSPS) is 18.2. The fourth-order valence-electron chi connectivity index (χ4n) is 0.873. The molecule has 0 aromatic carbocycles. The number of rotatable bonds is 2. The first kappa shape index (κ1) is 8.79. The summed E-state index contributed by atoms with van der Waals surface area (Å²) >= 11 is 0. The van der Waals surface area contributed by atoms with Gasteiger partial charge in [-0.25, -0.2) is 5.43 Å². The lowest BCUT2D eigenvalue weighted by Gasteiger charge is -2.23. The molecular formula is C6H13N5O. The molecule has 0 amide bonds. The molecule has 0 aromatic heterocycles. The second-order valence-electron chi connectivity index (χ2n) is 2.42. The minimum absolute atomic E-state index is 0.153. The summed E-state index contributed by atoms with van der Waals surface area (Å²) in [5.41, 5.74) is 7.36. The van der Waals surface area contributed by atoms with E-state index < -0.39 is 0 Å². The monoisotopic (exact) mass is 171 g/mol. The average molecular weight is 171 g/mol. The van der Waals surface area contributed by atoms with Gasteiger partial charge in [0.25, 0.3) is 0 Å². The number of morpholine rings is 1. The number of nitrogens with one attached hydrogen (secondary N) is 2. The highest BCUT2D eigenvalue weighted by Gasteiger charge is 2.05. The number of guanidine groups is 1. The molecule has 0 aromatic rings. The Morgan fingerprint density at radius 1 is 1.58 bits per heavy atom. The first-order valence-corrected chi connectivity index (χ1v) is 3.74. The van der Waals surface area contributed by atoms with Gasteiger partial charge in [-0.05, 0) is 0 Å². The Kier molecular flexibility index (Phi) is 3.34. The molecule has 1 aliphatic rings. The van der Waals surface area contributed by atoms with Gasteiger partial charge in [-0.15, -0.1) is 0 Å². The predicted octanol–water partition coefficient (Wildman–Crippen LogP) is -1.26. The van der Waals surface area contributed by atoms with Crippen LogP contribution in [0, 0.1) is 5.41 Å². The van der Waals surface area contributed by atoms with Gasteiger partial charge in [0.15, 0.2) is 0 Å². The smallest absolute Gasteiger partial charge is 0.206 e. The van der Waals surface area contributed by atoms with Crippen LogP contribution in [0.25, 0.3) is 0 Å². The molecule has 1 fully saturated rings. The Bertz CT molecular complexity index is 175. The van der Waals surface area contributed by atoms with Gasteiger partial charge in [-0.3, -0.25) is 5.41 Å². The molecule has 0 spiro atoms. The fourth-order valence-corrected chi connectivity index (χ4v) is 0.873. The molecule has 0 saturated carbocycles. The van der Waals surface area contributed by atoms with Gasteiger partial charge < -0.3 is 15.4 Å². The highest BCUT2D eigenvalue weighted by atomic mass is 16.5. The Hall–Kier alpha value is -1.30. The second-order valence-corrected chi connectivity index (χ2v) is 2.42. The summed E-state index contributed by atoms with van der Waals surface area (Å²) in [4.78, 5) is 2.00. The Labute approximate surface area is 70.9 Å². The highest BCUT2D eigenvalue weighted by Crippen LogP contribution is 1.91. The van der Waals surface area contributed by atoms with Gasteiger partial charge in [-0.1, -0.05) is 0 Å². The van der Waals surface area contributed by atoms with Crippen molar-refractivity contribution in [1.29, 1.82) is 5.41 Å². The lowest BCUT2D eigenvalue weighted by atomic mass is 10.5. The maximum absolute atomic E-state index is 6.82. The molecule has 68 valence electrons. The number of nitrogens with two attached hydrogens (primary N) is 1.